The highest BCUT2D eigenvalue weighted by Gasteiger charge is 2.22. The maximum absolute atomic E-state index is 6.17. The average Bonchev–Trinajstić information content (AvgIpc) is 2.81. The van der Waals surface area contributed by atoms with Gasteiger partial charge in [-0.1, -0.05) is 29.3 Å². The number of ether oxygens (including phenoxy) is 1. The molecule has 1 unspecified atom stereocenters. The van der Waals surface area contributed by atoms with Crippen LogP contribution in [0.1, 0.15) is 11.1 Å². The predicted molar refractivity (Wildman–Crippen MR) is 84.3 cm³/mol. The van der Waals surface area contributed by atoms with Crippen LogP contribution in [0.3, 0.4) is 0 Å². The number of aryl methyl sites for hydroxylation is 1. The zero-order valence-electron chi connectivity index (χ0n) is 11.1. The van der Waals surface area contributed by atoms with Crippen LogP contribution >= 0.6 is 23.2 Å². The van der Waals surface area contributed by atoms with E-state index in [0.29, 0.717) is 0 Å². The fraction of sp³-hybridized carbons (Fsp3) is 0.250. The summed E-state index contributed by atoms with van der Waals surface area (Å²) in [5.41, 5.74) is 3.29. The van der Waals surface area contributed by atoms with Crippen LogP contribution in [0.15, 0.2) is 36.4 Å². The van der Waals surface area contributed by atoms with Crippen molar-refractivity contribution < 1.29 is 4.74 Å². The second-order valence-corrected chi connectivity index (χ2v) is 5.90. The quantitative estimate of drug-likeness (QED) is 0.886. The van der Waals surface area contributed by atoms with E-state index in [0.717, 1.165) is 34.4 Å². The van der Waals surface area contributed by atoms with Crippen LogP contribution in [0, 0.1) is 6.92 Å². The Hall–Kier alpha value is -1.38. The molecule has 104 valence electrons. The number of anilines is 1. The molecule has 20 heavy (non-hydrogen) atoms. The smallest absolute Gasteiger partial charge is 0.123 e. The number of nitrogens with one attached hydrogen (secondary N) is 1. The lowest BCUT2D eigenvalue weighted by atomic mass is 10.1. The summed E-state index contributed by atoms with van der Waals surface area (Å²) in [6.45, 7) is 2.76. The number of hydrogen-bond acceptors (Lipinski definition) is 2. The van der Waals surface area contributed by atoms with Crippen LogP contribution in [-0.4, -0.2) is 12.6 Å². The van der Waals surface area contributed by atoms with E-state index in [1.54, 1.807) is 0 Å². The molecule has 2 aromatic rings. The predicted octanol–water partition coefficient (Wildman–Crippen LogP) is 4.72. The molecule has 0 radical (unpaired) electrons. The molecule has 1 heterocycles. The van der Waals surface area contributed by atoms with Gasteiger partial charge in [0.1, 0.15) is 11.9 Å². The zero-order chi connectivity index (χ0) is 14.1. The first-order chi connectivity index (χ1) is 9.61. The third-order valence-electron chi connectivity index (χ3n) is 3.41. The van der Waals surface area contributed by atoms with Gasteiger partial charge in [-0.3, -0.25) is 0 Å². The molecule has 0 bridgehead atoms. The van der Waals surface area contributed by atoms with E-state index in [4.69, 9.17) is 27.9 Å². The highest BCUT2D eigenvalue weighted by molar-refractivity contribution is 6.33. The minimum atomic E-state index is 0.111. The lowest BCUT2D eigenvalue weighted by Gasteiger charge is -2.14. The summed E-state index contributed by atoms with van der Waals surface area (Å²) in [6, 6.07) is 11.7. The number of fused-ring (bicyclic) bond motifs is 1. The van der Waals surface area contributed by atoms with Gasteiger partial charge in [-0.2, -0.15) is 0 Å². The van der Waals surface area contributed by atoms with E-state index < -0.39 is 0 Å². The Morgan fingerprint density at radius 2 is 2.05 bits per heavy atom. The highest BCUT2D eigenvalue weighted by atomic mass is 35.5. The summed E-state index contributed by atoms with van der Waals surface area (Å²) < 4.78 is 5.89. The monoisotopic (exact) mass is 307 g/mol. The molecule has 1 N–H and O–H groups in total. The third kappa shape index (κ3) is 2.87. The van der Waals surface area contributed by atoms with Crippen molar-refractivity contribution in [3.8, 4) is 5.75 Å². The molecule has 2 aromatic carbocycles. The first kappa shape index (κ1) is 13.6. The van der Waals surface area contributed by atoms with E-state index in [2.05, 4.69) is 5.32 Å². The molecule has 3 rings (SSSR count). The molecule has 0 spiro atoms. The Balaban J connectivity index is 1.65. The van der Waals surface area contributed by atoms with Crippen LogP contribution in [0.2, 0.25) is 10.0 Å². The van der Waals surface area contributed by atoms with E-state index in [1.807, 2.05) is 43.3 Å². The minimum Gasteiger partial charge on any atom is -0.488 e. The molecule has 4 heteroatoms. The van der Waals surface area contributed by atoms with Gasteiger partial charge in [-0.05, 0) is 48.4 Å². The van der Waals surface area contributed by atoms with Crippen LogP contribution in [-0.2, 0) is 6.42 Å². The standard InChI is InChI=1S/C16H15Cl2NO/c1-10-2-4-14(18)15(6-10)19-9-13-8-11-7-12(17)3-5-16(11)20-13/h2-7,13,19H,8-9H2,1H3. The topological polar surface area (TPSA) is 21.3 Å². The highest BCUT2D eigenvalue weighted by Crippen LogP contribution is 2.31. The fourth-order valence-corrected chi connectivity index (χ4v) is 2.78. The Kier molecular flexibility index (Phi) is 3.77. The first-order valence-electron chi connectivity index (χ1n) is 6.57. The van der Waals surface area contributed by atoms with Crippen LogP contribution in [0.4, 0.5) is 5.69 Å². The van der Waals surface area contributed by atoms with Crippen LogP contribution in [0.5, 0.6) is 5.75 Å². The van der Waals surface area contributed by atoms with Gasteiger partial charge in [0.05, 0.1) is 17.3 Å². The van der Waals surface area contributed by atoms with E-state index in [1.165, 1.54) is 11.1 Å². The van der Waals surface area contributed by atoms with Crippen LogP contribution in [0.25, 0.3) is 0 Å². The Morgan fingerprint density at radius 3 is 2.90 bits per heavy atom. The molecule has 1 aliphatic rings. The zero-order valence-corrected chi connectivity index (χ0v) is 12.6. The van der Waals surface area contributed by atoms with E-state index in [-0.39, 0.29) is 6.10 Å². The summed E-state index contributed by atoms with van der Waals surface area (Å²) in [4.78, 5) is 0. The average molecular weight is 308 g/mol. The Morgan fingerprint density at radius 1 is 1.20 bits per heavy atom. The molecular weight excluding hydrogens is 293 g/mol. The van der Waals surface area contributed by atoms with Crippen molar-refractivity contribution in [2.45, 2.75) is 19.4 Å². The molecule has 0 aliphatic carbocycles. The third-order valence-corrected chi connectivity index (χ3v) is 3.97. The van der Waals surface area contributed by atoms with Crippen molar-refractivity contribution >= 4 is 28.9 Å². The summed E-state index contributed by atoms with van der Waals surface area (Å²) in [5.74, 6) is 0.927. The molecule has 0 amide bonds. The molecule has 1 aliphatic heterocycles. The SMILES string of the molecule is Cc1ccc(Cl)c(NCC2Cc3cc(Cl)ccc3O2)c1. The fourth-order valence-electron chi connectivity index (χ4n) is 2.40. The minimum absolute atomic E-state index is 0.111. The van der Waals surface area contributed by atoms with Gasteiger partial charge in [0, 0.05) is 11.4 Å². The van der Waals surface area contributed by atoms with Crippen molar-refractivity contribution in [3.63, 3.8) is 0 Å². The second kappa shape index (κ2) is 5.55. The maximum Gasteiger partial charge on any atom is 0.123 e. The molecule has 0 aromatic heterocycles. The lowest BCUT2D eigenvalue weighted by molar-refractivity contribution is 0.246. The van der Waals surface area contributed by atoms with Gasteiger partial charge in [0.15, 0.2) is 0 Å². The molecule has 0 saturated heterocycles. The molecule has 1 atom stereocenters. The van der Waals surface area contributed by atoms with Crippen molar-refractivity contribution in [2.24, 2.45) is 0 Å². The summed E-state index contributed by atoms with van der Waals surface area (Å²) >= 11 is 12.2. The Labute approximate surface area is 128 Å². The first-order valence-corrected chi connectivity index (χ1v) is 7.32. The van der Waals surface area contributed by atoms with Gasteiger partial charge in [0.2, 0.25) is 0 Å². The van der Waals surface area contributed by atoms with Gasteiger partial charge >= 0.3 is 0 Å². The lowest BCUT2D eigenvalue weighted by Crippen LogP contribution is -2.24. The molecular formula is C16H15Cl2NO. The molecule has 0 saturated carbocycles. The maximum atomic E-state index is 6.17. The summed E-state index contributed by atoms with van der Waals surface area (Å²) in [5, 5.41) is 4.84. The number of benzene rings is 2. The second-order valence-electron chi connectivity index (χ2n) is 5.06. The number of hydrogen-bond donors (Lipinski definition) is 1. The molecule has 0 fully saturated rings. The summed E-state index contributed by atoms with van der Waals surface area (Å²) in [6.07, 6.45) is 0.979. The molecule has 2 nitrogen and oxygen atoms in total. The van der Waals surface area contributed by atoms with Gasteiger partial charge in [-0.25, -0.2) is 0 Å². The van der Waals surface area contributed by atoms with Gasteiger partial charge < -0.3 is 10.1 Å². The van der Waals surface area contributed by atoms with Crippen molar-refractivity contribution in [2.75, 3.05) is 11.9 Å². The van der Waals surface area contributed by atoms with Crippen molar-refractivity contribution in [1.82, 2.24) is 0 Å². The van der Waals surface area contributed by atoms with Gasteiger partial charge in [0.25, 0.3) is 0 Å². The van der Waals surface area contributed by atoms with E-state index in [9.17, 15) is 0 Å². The van der Waals surface area contributed by atoms with Gasteiger partial charge in [-0.15, -0.1) is 0 Å². The Bertz CT molecular complexity index is 642. The van der Waals surface area contributed by atoms with Crippen LogP contribution < -0.4 is 10.1 Å². The van der Waals surface area contributed by atoms with Crippen molar-refractivity contribution in [1.29, 1.82) is 0 Å². The normalized spacial score (nSPS) is 16.6. The summed E-state index contributed by atoms with van der Waals surface area (Å²) in [7, 11) is 0. The largest absolute Gasteiger partial charge is 0.488 e. The van der Waals surface area contributed by atoms with E-state index >= 15 is 0 Å². The van der Waals surface area contributed by atoms with Crippen molar-refractivity contribution in [3.05, 3.63) is 57.6 Å². The number of rotatable bonds is 3. The number of halogens is 2.